The first-order chi connectivity index (χ1) is 22.3. The average molecular weight is 561 g/mol. The van der Waals surface area contributed by atoms with Crippen LogP contribution in [0.3, 0.4) is 0 Å². The summed E-state index contributed by atoms with van der Waals surface area (Å²) in [6, 6.07) is 36.0. The van der Waals surface area contributed by atoms with E-state index >= 15 is 0 Å². The summed E-state index contributed by atoms with van der Waals surface area (Å²) in [6.07, 6.45) is 8.15. The number of hydrogen-bond donors (Lipinski definition) is 0. The molecule has 13 aromatic rings. The molecule has 0 atom stereocenters. The zero-order valence-electron chi connectivity index (χ0n) is 24.1. The van der Waals surface area contributed by atoms with Crippen LogP contribution in [-0.2, 0) is 0 Å². The molecule has 0 fully saturated rings. The van der Waals surface area contributed by atoms with E-state index in [1.54, 1.807) is 0 Å². The normalized spacial score (nSPS) is 14.7. The van der Waals surface area contributed by atoms with Crippen molar-refractivity contribution in [2.45, 2.75) is 6.42 Å². The molecule has 0 heterocycles. The van der Waals surface area contributed by atoms with Gasteiger partial charge in [-0.15, -0.1) is 0 Å². The number of rotatable bonds is 0. The molecule has 200 valence electrons. The lowest BCUT2D eigenvalue weighted by atomic mass is 9.74. The van der Waals surface area contributed by atoms with Crippen LogP contribution >= 0.6 is 0 Å². The lowest BCUT2D eigenvalue weighted by Gasteiger charge is -2.28. The zero-order chi connectivity index (χ0) is 28.4. The Morgan fingerprint density at radius 2 is 0.778 bits per heavy atom. The molecule has 1 aliphatic rings. The fourth-order valence-corrected chi connectivity index (χ4v) is 10.5. The Kier molecular flexibility index (Phi) is 2.99. The number of allylic oxidation sites excluding steroid dienone is 1. The molecule has 0 nitrogen and oxygen atoms in total. The van der Waals surface area contributed by atoms with Gasteiger partial charge in [-0.1, -0.05) is 72.8 Å². The van der Waals surface area contributed by atoms with Crippen molar-refractivity contribution in [3.05, 3.63) is 108 Å². The number of fused-ring (bicyclic) bond motifs is 3. The van der Waals surface area contributed by atoms with Gasteiger partial charge in [0.25, 0.3) is 0 Å². The molecular weight excluding hydrogens is 540 g/mol. The SMILES string of the molecule is C1=Cc2c(cc3ccc4cc5ccc6cc7ccc8cc9cccc%10cc%11cc%12c2c3c4c2c5c6c3c7c8c(c9%10)c%11c3c%122)=CC1. The van der Waals surface area contributed by atoms with Gasteiger partial charge in [0.1, 0.15) is 0 Å². The minimum Gasteiger partial charge on any atom is -0.0801 e. The van der Waals surface area contributed by atoms with Crippen molar-refractivity contribution in [2.75, 3.05) is 0 Å². The van der Waals surface area contributed by atoms with E-state index in [2.05, 4.69) is 109 Å². The third-order valence-corrected chi connectivity index (χ3v) is 12.0. The van der Waals surface area contributed by atoms with Gasteiger partial charge in [-0.25, -0.2) is 0 Å². The Bertz CT molecular complexity index is 3540. The van der Waals surface area contributed by atoms with Gasteiger partial charge in [-0.3, -0.25) is 0 Å². The predicted molar refractivity (Wildman–Crippen MR) is 197 cm³/mol. The predicted octanol–water partition coefficient (Wildman–Crippen LogP) is 12.1. The summed E-state index contributed by atoms with van der Waals surface area (Å²) in [5.74, 6) is 0. The molecule has 0 bridgehead atoms. The number of hydrogen-bond acceptors (Lipinski definition) is 0. The van der Waals surface area contributed by atoms with Crippen molar-refractivity contribution in [2.24, 2.45) is 0 Å². The monoisotopic (exact) mass is 560 g/mol. The second-order valence-electron chi connectivity index (χ2n) is 13.9. The second kappa shape index (κ2) is 6.39. The maximum Gasteiger partial charge on any atom is -0.0000684 e. The molecule has 0 unspecified atom stereocenters. The molecule has 0 saturated heterocycles. The third-order valence-electron chi connectivity index (χ3n) is 12.0. The topological polar surface area (TPSA) is 0 Å². The summed E-state index contributed by atoms with van der Waals surface area (Å²) in [5.41, 5.74) is 1.38. The molecule has 14 rings (SSSR count). The van der Waals surface area contributed by atoms with Crippen LogP contribution in [0.4, 0.5) is 0 Å². The van der Waals surface area contributed by atoms with E-state index in [0.29, 0.717) is 0 Å². The number of benzene rings is 13. The Morgan fingerprint density at radius 3 is 1.40 bits per heavy atom. The highest BCUT2D eigenvalue weighted by Crippen LogP contribution is 2.58. The van der Waals surface area contributed by atoms with E-state index in [1.165, 1.54) is 140 Å². The molecule has 0 saturated carbocycles. The third kappa shape index (κ3) is 2.01. The standard InChI is InChI=1S/C45H20/c1-2-7-30-20(4-1)14-23-8-9-25-16-26-11-13-28-17-27-12-10-24-15-21-5-3-6-22-18-29-19-31-40(30)33(23)34(25)43-36(26)38(28)44-37(27)35(24)42(32(21)22)39(29)45(44)41(31)43/h2-19H,1H2. The Balaban J connectivity index is 1.50. The molecule has 0 aliphatic heterocycles. The largest absolute Gasteiger partial charge is 0.0801 e. The molecule has 13 aromatic carbocycles. The quantitative estimate of drug-likeness (QED) is 0.128. The van der Waals surface area contributed by atoms with Crippen molar-refractivity contribution < 1.29 is 0 Å². The van der Waals surface area contributed by atoms with Gasteiger partial charge in [0.15, 0.2) is 0 Å². The highest BCUT2D eigenvalue weighted by Gasteiger charge is 2.29. The molecule has 1 aliphatic carbocycles. The van der Waals surface area contributed by atoms with E-state index in [4.69, 9.17) is 0 Å². The maximum absolute atomic E-state index is 2.58. The summed E-state index contributed by atoms with van der Waals surface area (Å²) in [5, 5.41) is 35.3. The molecule has 0 spiro atoms. The summed E-state index contributed by atoms with van der Waals surface area (Å²) >= 11 is 0. The van der Waals surface area contributed by atoms with Crippen LogP contribution in [-0.4, -0.2) is 0 Å². The first-order valence-corrected chi connectivity index (χ1v) is 16.2. The van der Waals surface area contributed by atoms with E-state index < -0.39 is 0 Å². The zero-order valence-corrected chi connectivity index (χ0v) is 24.1. The van der Waals surface area contributed by atoms with Gasteiger partial charge >= 0.3 is 0 Å². The molecule has 0 amide bonds. The fourth-order valence-electron chi connectivity index (χ4n) is 10.5. The Hall–Kier alpha value is -5.72. The van der Waals surface area contributed by atoms with E-state index in [1.807, 2.05) is 0 Å². The smallest absolute Gasteiger partial charge is 0.0000684 e. The van der Waals surface area contributed by atoms with Gasteiger partial charge in [-0.2, -0.15) is 0 Å². The van der Waals surface area contributed by atoms with Crippen molar-refractivity contribution in [1.29, 1.82) is 0 Å². The lowest BCUT2D eigenvalue weighted by molar-refractivity contribution is 1.44. The van der Waals surface area contributed by atoms with E-state index in [9.17, 15) is 0 Å². The summed E-state index contributed by atoms with van der Waals surface area (Å²) in [6.45, 7) is 0. The lowest BCUT2D eigenvalue weighted by Crippen LogP contribution is -2.09. The molecule has 45 heavy (non-hydrogen) atoms. The van der Waals surface area contributed by atoms with Crippen molar-refractivity contribution >= 4 is 141 Å². The van der Waals surface area contributed by atoms with Crippen LogP contribution in [0.25, 0.3) is 141 Å². The average Bonchev–Trinajstić information content (AvgIpc) is 3.08. The molecule has 0 radical (unpaired) electrons. The van der Waals surface area contributed by atoms with Crippen LogP contribution in [0, 0.1) is 0 Å². The van der Waals surface area contributed by atoms with Crippen LogP contribution in [0.1, 0.15) is 12.0 Å². The van der Waals surface area contributed by atoms with Crippen LogP contribution < -0.4 is 5.22 Å². The minimum atomic E-state index is 0.994. The summed E-state index contributed by atoms with van der Waals surface area (Å²) in [7, 11) is 0. The molecular formula is C45H20. The van der Waals surface area contributed by atoms with Crippen LogP contribution in [0.5, 0.6) is 0 Å². The van der Waals surface area contributed by atoms with E-state index in [-0.39, 0.29) is 0 Å². The van der Waals surface area contributed by atoms with Gasteiger partial charge < -0.3 is 0 Å². The first-order valence-electron chi connectivity index (χ1n) is 16.2. The second-order valence-corrected chi connectivity index (χ2v) is 13.9. The highest BCUT2D eigenvalue weighted by molar-refractivity contribution is 6.57. The Morgan fingerprint density at radius 1 is 0.333 bits per heavy atom. The first kappa shape index (κ1) is 21.1. The highest BCUT2D eigenvalue weighted by atomic mass is 14.3. The summed E-state index contributed by atoms with van der Waals surface area (Å²) in [4.78, 5) is 0. The van der Waals surface area contributed by atoms with Gasteiger partial charge in [0.05, 0.1) is 0 Å². The van der Waals surface area contributed by atoms with Gasteiger partial charge in [-0.05, 0) is 183 Å². The van der Waals surface area contributed by atoms with Crippen molar-refractivity contribution in [1.82, 2.24) is 0 Å². The van der Waals surface area contributed by atoms with Crippen LogP contribution in [0.15, 0.2) is 97.1 Å². The molecule has 0 heteroatoms. The minimum absolute atomic E-state index is 0.994. The molecule has 0 aromatic heterocycles. The summed E-state index contributed by atoms with van der Waals surface area (Å²) < 4.78 is 0. The Labute approximate surface area is 255 Å². The molecule has 0 N–H and O–H groups in total. The van der Waals surface area contributed by atoms with Crippen molar-refractivity contribution in [3.8, 4) is 0 Å². The van der Waals surface area contributed by atoms with Crippen molar-refractivity contribution in [3.63, 3.8) is 0 Å². The van der Waals surface area contributed by atoms with Crippen LogP contribution in [0.2, 0.25) is 0 Å². The van der Waals surface area contributed by atoms with Gasteiger partial charge in [0, 0.05) is 0 Å². The van der Waals surface area contributed by atoms with E-state index in [0.717, 1.165) is 6.42 Å². The maximum atomic E-state index is 2.58. The van der Waals surface area contributed by atoms with Gasteiger partial charge in [0.2, 0.25) is 0 Å². The fraction of sp³-hybridized carbons (Fsp3) is 0.0222.